The van der Waals surface area contributed by atoms with Crippen molar-refractivity contribution in [1.82, 2.24) is 15.4 Å². The fraction of sp³-hybridized carbons (Fsp3) is 0.207. The summed E-state index contributed by atoms with van der Waals surface area (Å²) in [6, 6.07) is 22.7. The summed E-state index contributed by atoms with van der Waals surface area (Å²) in [6.07, 6.45) is 0. The normalized spacial score (nSPS) is 11.8. The molecular weight excluding hydrogens is 470 g/mol. The molecule has 0 aliphatic carbocycles. The molecule has 37 heavy (non-hydrogen) atoms. The van der Waals surface area contributed by atoms with E-state index in [1.807, 2.05) is 80.6 Å². The van der Waals surface area contributed by atoms with Crippen molar-refractivity contribution in [2.75, 3.05) is 13.3 Å². The van der Waals surface area contributed by atoms with Crippen molar-refractivity contribution in [2.45, 2.75) is 26.9 Å². The van der Waals surface area contributed by atoms with Crippen LogP contribution in [-0.4, -0.2) is 35.2 Å². The van der Waals surface area contributed by atoms with Crippen molar-refractivity contribution in [3.05, 3.63) is 101 Å². The quantitative estimate of drug-likeness (QED) is 0.381. The zero-order valence-corrected chi connectivity index (χ0v) is 20.7. The Hall–Kier alpha value is -4.59. The maximum absolute atomic E-state index is 13.5. The topological polar surface area (TPSA) is 93.9 Å². The first kappa shape index (κ1) is 24.1. The fourth-order valence-electron chi connectivity index (χ4n) is 4.15. The third kappa shape index (κ3) is 5.64. The Morgan fingerprint density at radius 1 is 0.919 bits per heavy atom. The van der Waals surface area contributed by atoms with E-state index in [2.05, 4.69) is 10.5 Å². The number of benzene rings is 3. The highest BCUT2D eigenvalue weighted by atomic mass is 16.7. The third-order valence-electron chi connectivity index (χ3n) is 6.15. The molecule has 0 spiro atoms. The van der Waals surface area contributed by atoms with Crippen molar-refractivity contribution >= 4 is 11.8 Å². The van der Waals surface area contributed by atoms with Crippen LogP contribution in [0.25, 0.3) is 11.3 Å². The van der Waals surface area contributed by atoms with Gasteiger partial charge in [0.15, 0.2) is 23.0 Å². The summed E-state index contributed by atoms with van der Waals surface area (Å²) in [4.78, 5) is 27.8. The third-order valence-corrected chi connectivity index (χ3v) is 6.15. The van der Waals surface area contributed by atoms with Gasteiger partial charge in [0, 0.05) is 24.7 Å². The van der Waals surface area contributed by atoms with Crippen molar-refractivity contribution in [1.29, 1.82) is 0 Å². The minimum atomic E-state index is -0.387. The number of nitrogens with zero attached hydrogens (tertiary/aromatic N) is 2. The maximum Gasteiger partial charge on any atom is 0.276 e. The van der Waals surface area contributed by atoms with Crippen LogP contribution in [-0.2, 0) is 17.9 Å². The van der Waals surface area contributed by atoms with Gasteiger partial charge in [0.2, 0.25) is 12.7 Å². The monoisotopic (exact) mass is 497 g/mol. The van der Waals surface area contributed by atoms with Crippen LogP contribution in [0.3, 0.4) is 0 Å². The van der Waals surface area contributed by atoms with E-state index < -0.39 is 0 Å². The lowest BCUT2D eigenvalue weighted by Crippen LogP contribution is -2.40. The van der Waals surface area contributed by atoms with Gasteiger partial charge in [-0.1, -0.05) is 59.3 Å². The maximum atomic E-state index is 13.5. The fourth-order valence-corrected chi connectivity index (χ4v) is 4.15. The molecule has 188 valence electrons. The van der Waals surface area contributed by atoms with Crippen LogP contribution in [0.5, 0.6) is 11.5 Å². The molecule has 4 aromatic rings. The molecule has 0 fully saturated rings. The minimum Gasteiger partial charge on any atom is -0.454 e. The SMILES string of the molecule is Cc1ccc(C)c(-c2cc(C(=O)N(CC(=O)NCc3ccc4c(c3)OCO4)Cc3ccccc3)no2)c1. The summed E-state index contributed by atoms with van der Waals surface area (Å²) in [5.74, 6) is 1.17. The first-order valence-corrected chi connectivity index (χ1v) is 12.0. The molecule has 0 atom stereocenters. The summed E-state index contributed by atoms with van der Waals surface area (Å²) < 4.78 is 16.3. The zero-order chi connectivity index (χ0) is 25.8. The molecule has 0 saturated carbocycles. The van der Waals surface area contributed by atoms with Gasteiger partial charge >= 0.3 is 0 Å². The molecule has 2 amide bonds. The second-order valence-corrected chi connectivity index (χ2v) is 9.01. The van der Waals surface area contributed by atoms with Gasteiger partial charge in [-0.3, -0.25) is 9.59 Å². The molecule has 3 aromatic carbocycles. The summed E-state index contributed by atoms with van der Waals surface area (Å²) in [5, 5.41) is 6.92. The smallest absolute Gasteiger partial charge is 0.276 e. The standard InChI is InChI=1S/C29H27N3O5/c1-19-8-9-20(2)23(12-19)26-14-24(31-37-26)29(34)32(16-21-6-4-3-5-7-21)17-28(33)30-15-22-10-11-25-27(13-22)36-18-35-25/h3-14H,15-18H2,1-2H3,(H,30,33). The van der Waals surface area contributed by atoms with Gasteiger partial charge in [0.25, 0.3) is 5.91 Å². The summed E-state index contributed by atoms with van der Waals surface area (Å²) >= 11 is 0. The van der Waals surface area contributed by atoms with E-state index in [-0.39, 0.29) is 37.4 Å². The van der Waals surface area contributed by atoms with Crippen molar-refractivity contribution in [3.63, 3.8) is 0 Å². The molecule has 0 radical (unpaired) electrons. The number of fused-ring (bicyclic) bond motifs is 1. The van der Waals surface area contributed by atoms with Crippen molar-refractivity contribution in [2.24, 2.45) is 0 Å². The van der Waals surface area contributed by atoms with E-state index in [9.17, 15) is 9.59 Å². The number of rotatable bonds is 8. The van der Waals surface area contributed by atoms with Crippen LogP contribution >= 0.6 is 0 Å². The molecule has 1 aliphatic rings. The first-order valence-electron chi connectivity index (χ1n) is 12.0. The molecule has 0 bridgehead atoms. The van der Waals surface area contributed by atoms with E-state index in [4.69, 9.17) is 14.0 Å². The second kappa shape index (κ2) is 10.6. The van der Waals surface area contributed by atoms with Crippen LogP contribution in [0.2, 0.25) is 0 Å². The van der Waals surface area contributed by atoms with Gasteiger partial charge in [-0.2, -0.15) is 0 Å². The van der Waals surface area contributed by atoms with E-state index in [0.717, 1.165) is 27.8 Å². The van der Waals surface area contributed by atoms with Crippen LogP contribution in [0, 0.1) is 13.8 Å². The molecule has 1 N–H and O–H groups in total. The number of carbonyl (C=O) groups is 2. The summed E-state index contributed by atoms with van der Waals surface area (Å²) in [6.45, 7) is 4.57. The Bertz CT molecular complexity index is 1430. The first-order chi connectivity index (χ1) is 18.0. The highest BCUT2D eigenvalue weighted by Crippen LogP contribution is 2.32. The van der Waals surface area contributed by atoms with Crippen LogP contribution < -0.4 is 14.8 Å². The van der Waals surface area contributed by atoms with Gasteiger partial charge in [-0.05, 0) is 48.7 Å². The zero-order valence-electron chi connectivity index (χ0n) is 20.7. The Kier molecular flexibility index (Phi) is 6.89. The Balaban J connectivity index is 1.31. The van der Waals surface area contributed by atoms with Gasteiger partial charge in [0.1, 0.15) is 6.54 Å². The number of amides is 2. The van der Waals surface area contributed by atoms with Gasteiger partial charge in [-0.15, -0.1) is 0 Å². The van der Waals surface area contributed by atoms with E-state index in [0.29, 0.717) is 23.8 Å². The predicted molar refractivity (Wildman–Crippen MR) is 137 cm³/mol. The summed E-state index contributed by atoms with van der Waals surface area (Å²) in [7, 11) is 0. The molecule has 1 aromatic heterocycles. The lowest BCUT2D eigenvalue weighted by atomic mass is 10.0. The number of aromatic nitrogens is 1. The van der Waals surface area contributed by atoms with E-state index in [1.165, 1.54) is 4.90 Å². The van der Waals surface area contributed by atoms with Crippen LogP contribution in [0.15, 0.2) is 77.3 Å². The van der Waals surface area contributed by atoms with E-state index in [1.54, 1.807) is 6.07 Å². The Morgan fingerprint density at radius 2 is 1.73 bits per heavy atom. The molecule has 8 heteroatoms. The number of nitrogens with one attached hydrogen (secondary N) is 1. The Morgan fingerprint density at radius 3 is 2.57 bits per heavy atom. The number of aryl methyl sites for hydroxylation is 2. The van der Waals surface area contributed by atoms with Gasteiger partial charge in [-0.25, -0.2) is 0 Å². The minimum absolute atomic E-state index is 0.135. The summed E-state index contributed by atoms with van der Waals surface area (Å²) in [5.41, 5.74) is 4.89. The molecular formula is C29H27N3O5. The molecule has 0 saturated heterocycles. The van der Waals surface area contributed by atoms with E-state index >= 15 is 0 Å². The Labute approximate surface area is 214 Å². The molecule has 2 heterocycles. The lowest BCUT2D eigenvalue weighted by Gasteiger charge is -2.21. The average molecular weight is 498 g/mol. The molecule has 0 unspecified atom stereocenters. The number of ether oxygens (including phenoxy) is 2. The van der Waals surface area contributed by atoms with Crippen molar-refractivity contribution in [3.8, 4) is 22.8 Å². The molecule has 1 aliphatic heterocycles. The highest BCUT2D eigenvalue weighted by molar-refractivity contribution is 5.95. The molecule has 5 rings (SSSR count). The second-order valence-electron chi connectivity index (χ2n) is 9.01. The van der Waals surface area contributed by atoms with Crippen molar-refractivity contribution < 1.29 is 23.6 Å². The highest BCUT2D eigenvalue weighted by Gasteiger charge is 2.24. The predicted octanol–water partition coefficient (Wildman–Crippen LogP) is 4.65. The van der Waals surface area contributed by atoms with Crippen LogP contribution in [0.1, 0.15) is 32.7 Å². The number of carbonyl (C=O) groups excluding carboxylic acids is 2. The van der Waals surface area contributed by atoms with Gasteiger partial charge < -0.3 is 24.2 Å². The largest absolute Gasteiger partial charge is 0.454 e. The molecule has 8 nitrogen and oxygen atoms in total. The van der Waals surface area contributed by atoms with Crippen LogP contribution in [0.4, 0.5) is 0 Å². The number of hydrogen-bond acceptors (Lipinski definition) is 6. The lowest BCUT2D eigenvalue weighted by molar-refractivity contribution is -0.122. The average Bonchev–Trinajstić information content (AvgIpc) is 3.58. The number of hydrogen-bond donors (Lipinski definition) is 1. The van der Waals surface area contributed by atoms with Gasteiger partial charge in [0.05, 0.1) is 0 Å².